The average molecular weight is 498 g/mol. The van der Waals surface area contributed by atoms with Gasteiger partial charge in [0.25, 0.3) is 0 Å². The maximum absolute atomic E-state index is 5.97. The Labute approximate surface area is 184 Å². The molecule has 0 bridgehead atoms. The van der Waals surface area contributed by atoms with Gasteiger partial charge in [-0.3, -0.25) is 4.99 Å². The maximum Gasteiger partial charge on any atom is 0.191 e. The normalized spacial score (nSPS) is 17.3. The molecule has 1 aromatic carbocycles. The zero-order valence-electron chi connectivity index (χ0n) is 17.1. The van der Waals surface area contributed by atoms with Crippen molar-refractivity contribution in [2.24, 2.45) is 4.99 Å². The standard InChI is InChI=1S/C20H30N6O.HI/c1-5-18-24-19-10-9-16(13-26(19)25-18)23-20(21-4)22-12-15(3)27-17-8-6-7-14(2)11-17;/h6-8,11,15-16H,5,9-10,12-13H2,1-4H3,(H2,21,22,23);1H. The Morgan fingerprint density at radius 3 is 2.96 bits per heavy atom. The Balaban J connectivity index is 0.00000280. The van der Waals surface area contributed by atoms with E-state index in [2.05, 4.69) is 52.5 Å². The van der Waals surface area contributed by atoms with Gasteiger partial charge in [0.1, 0.15) is 17.7 Å². The molecule has 1 aliphatic heterocycles. The quantitative estimate of drug-likeness (QED) is 0.364. The Morgan fingerprint density at radius 1 is 1.43 bits per heavy atom. The molecule has 2 atom stereocenters. The zero-order valence-corrected chi connectivity index (χ0v) is 19.4. The second kappa shape index (κ2) is 10.6. The lowest BCUT2D eigenvalue weighted by molar-refractivity contribution is 0.223. The minimum atomic E-state index is 0. The van der Waals surface area contributed by atoms with Crippen molar-refractivity contribution < 1.29 is 4.74 Å². The summed E-state index contributed by atoms with van der Waals surface area (Å²) in [4.78, 5) is 8.92. The second-order valence-electron chi connectivity index (χ2n) is 7.06. The highest BCUT2D eigenvalue weighted by Crippen LogP contribution is 2.14. The number of ether oxygens (including phenoxy) is 1. The van der Waals surface area contributed by atoms with Crippen molar-refractivity contribution in [3.63, 3.8) is 0 Å². The first-order chi connectivity index (χ1) is 13.1. The van der Waals surface area contributed by atoms with Gasteiger partial charge in [0.05, 0.1) is 13.1 Å². The van der Waals surface area contributed by atoms with E-state index in [0.717, 1.165) is 49.2 Å². The number of aromatic nitrogens is 3. The molecule has 1 aromatic heterocycles. The van der Waals surface area contributed by atoms with Gasteiger partial charge in [-0.25, -0.2) is 9.67 Å². The van der Waals surface area contributed by atoms with Crippen LogP contribution in [0.5, 0.6) is 5.75 Å². The van der Waals surface area contributed by atoms with Crippen molar-refractivity contribution in [3.8, 4) is 5.75 Å². The van der Waals surface area contributed by atoms with E-state index in [9.17, 15) is 0 Å². The third-order valence-corrected chi connectivity index (χ3v) is 4.67. The van der Waals surface area contributed by atoms with Crippen molar-refractivity contribution in [1.82, 2.24) is 25.4 Å². The van der Waals surface area contributed by atoms with Crippen molar-refractivity contribution in [2.75, 3.05) is 13.6 Å². The highest BCUT2D eigenvalue weighted by Gasteiger charge is 2.22. The predicted molar refractivity (Wildman–Crippen MR) is 123 cm³/mol. The molecule has 0 saturated carbocycles. The van der Waals surface area contributed by atoms with Crippen LogP contribution in [0.25, 0.3) is 0 Å². The van der Waals surface area contributed by atoms with Gasteiger partial charge in [-0.1, -0.05) is 19.1 Å². The molecular formula is C20H31IN6O. The molecule has 1 aliphatic rings. The molecule has 3 rings (SSSR count). The number of hydrogen-bond donors (Lipinski definition) is 2. The Kier molecular flexibility index (Phi) is 8.53. The first kappa shape index (κ1) is 22.4. The molecule has 0 aliphatic carbocycles. The fourth-order valence-electron chi connectivity index (χ4n) is 3.22. The fourth-order valence-corrected chi connectivity index (χ4v) is 3.22. The van der Waals surface area contributed by atoms with E-state index in [0.29, 0.717) is 12.6 Å². The lowest BCUT2D eigenvalue weighted by atomic mass is 10.1. The van der Waals surface area contributed by atoms with Crippen LogP contribution in [-0.4, -0.2) is 46.5 Å². The Bertz CT molecular complexity index is 791. The average Bonchev–Trinajstić information content (AvgIpc) is 3.07. The number of fused-ring (bicyclic) bond motifs is 1. The van der Waals surface area contributed by atoms with Crippen LogP contribution in [0.2, 0.25) is 0 Å². The maximum atomic E-state index is 5.97. The second-order valence-corrected chi connectivity index (χ2v) is 7.06. The van der Waals surface area contributed by atoms with Crippen LogP contribution in [0.15, 0.2) is 29.3 Å². The highest BCUT2D eigenvalue weighted by molar-refractivity contribution is 14.0. The molecule has 2 aromatic rings. The van der Waals surface area contributed by atoms with Crippen LogP contribution in [0.3, 0.4) is 0 Å². The van der Waals surface area contributed by atoms with E-state index in [1.807, 2.05) is 22.9 Å². The molecule has 0 amide bonds. The summed E-state index contributed by atoms with van der Waals surface area (Å²) in [6, 6.07) is 8.40. The van der Waals surface area contributed by atoms with Gasteiger partial charge in [0.2, 0.25) is 0 Å². The first-order valence-corrected chi connectivity index (χ1v) is 9.70. The predicted octanol–water partition coefficient (Wildman–Crippen LogP) is 2.71. The lowest BCUT2D eigenvalue weighted by Crippen LogP contribution is -2.48. The highest BCUT2D eigenvalue weighted by atomic mass is 127. The van der Waals surface area contributed by atoms with Crippen molar-refractivity contribution >= 4 is 29.9 Å². The van der Waals surface area contributed by atoms with Gasteiger partial charge in [-0.05, 0) is 38.0 Å². The number of rotatable bonds is 6. The monoisotopic (exact) mass is 498 g/mol. The summed E-state index contributed by atoms with van der Waals surface area (Å²) in [6.07, 6.45) is 2.87. The van der Waals surface area contributed by atoms with E-state index in [-0.39, 0.29) is 30.1 Å². The number of nitrogens with zero attached hydrogens (tertiary/aromatic N) is 4. The van der Waals surface area contributed by atoms with E-state index < -0.39 is 0 Å². The minimum Gasteiger partial charge on any atom is -0.489 e. The molecule has 0 spiro atoms. The number of halogens is 1. The van der Waals surface area contributed by atoms with Gasteiger partial charge >= 0.3 is 0 Å². The third kappa shape index (κ3) is 6.08. The summed E-state index contributed by atoms with van der Waals surface area (Å²) in [5.74, 6) is 3.70. The van der Waals surface area contributed by atoms with Crippen LogP contribution >= 0.6 is 24.0 Å². The number of guanidine groups is 1. The molecular weight excluding hydrogens is 467 g/mol. The van der Waals surface area contributed by atoms with Gasteiger partial charge in [0, 0.05) is 25.9 Å². The Morgan fingerprint density at radius 2 is 2.25 bits per heavy atom. The fraction of sp³-hybridized carbons (Fsp3) is 0.550. The summed E-state index contributed by atoms with van der Waals surface area (Å²) >= 11 is 0. The summed E-state index contributed by atoms with van der Waals surface area (Å²) in [5, 5.41) is 11.4. The number of aryl methyl sites for hydroxylation is 3. The van der Waals surface area contributed by atoms with E-state index in [1.54, 1.807) is 7.05 Å². The first-order valence-electron chi connectivity index (χ1n) is 9.70. The molecule has 154 valence electrons. The molecule has 8 heteroatoms. The van der Waals surface area contributed by atoms with Crippen LogP contribution in [0.4, 0.5) is 0 Å². The minimum absolute atomic E-state index is 0. The third-order valence-electron chi connectivity index (χ3n) is 4.67. The van der Waals surface area contributed by atoms with Crippen LogP contribution in [0, 0.1) is 6.92 Å². The molecule has 0 radical (unpaired) electrons. The van der Waals surface area contributed by atoms with Gasteiger partial charge in [-0.2, -0.15) is 5.10 Å². The molecule has 28 heavy (non-hydrogen) atoms. The topological polar surface area (TPSA) is 76.4 Å². The number of benzene rings is 1. The summed E-state index contributed by atoms with van der Waals surface area (Å²) < 4.78 is 8.00. The largest absolute Gasteiger partial charge is 0.489 e. The van der Waals surface area contributed by atoms with Gasteiger partial charge in [0.15, 0.2) is 11.8 Å². The smallest absolute Gasteiger partial charge is 0.191 e. The van der Waals surface area contributed by atoms with E-state index in [4.69, 9.17) is 4.74 Å². The molecule has 2 unspecified atom stereocenters. The van der Waals surface area contributed by atoms with Crippen molar-refractivity contribution in [1.29, 1.82) is 0 Å². The summed E-state index contributed by atoms with van der Waals surface area (Å²) in [7, 11) is 1.79. The van der Waals surface area contributed by atoms with Crippen LogP contribution < -0.4 is 15.4 Å². The SMILES string of the molecule is CCc1nc2n(n1)CC(NC(=NC)NCC(C)Oc1cccc(C)c1)CC2.I. The molecule has 2 heterocycles. The summed E-state index contributed by atoms with van der Waals surface area (Å²) in [6.45, 7) is 7.70. The van der Waals surface area contributed by atoms with Crippen molar-refractivity contribution in [3.05, 3.63) is 41.5 Å². The van der Waals surface area contributed by atoms with Gasteiger partial charge in [-0.15, -0.1) is 24.0 Å². The number of aliphatic imine (C=N–C) groups is 1. The molecule has 2 N–H and O–H groups in total. The number of nitrogens with one attached hydrogen (secondary N) is 2. The molecule has 0 fully saturated rings. The lowest BCUT2D eigenvalue weighted by Gasteiger charge is -2.26. The van der Waals surface area contributed by atoms with E-state index >= 15 is 0 Å². The zero-order chi connectivity index (χ0) is 19.2. The Hall–Kier alpha value is -1.84. The van der Waals surface area contributed by atoms with E-state index in [1.165, 1.54) is 5.56 Å². The van der Waals surface area contributed by atoms with Crippen LogP contribution in [-0.2, 0) is 19.4 Å². The number of hydrogen-bond acceptors (Lipinski definition) is 4. The van der Waals surface area contributed by atoms with Crippen LogP contribution in [0.1, 0.15) is 37.5 Å². The summed E-state index contributed by atoms with van der Waals surface area (Å²) in [5.41, 5.74) is 1.20. The molecule has 7 nitrogen and oxygen atoms in total. The van der Waals surface area contributed by atoms with Gasteiger partial charge < -0.3 is 15.4 Å². The van der Waals surface area contributed by atoms with Crippen molar-refractivity contribution in [2.45, 2.75) is 58.7 Å². The molecule has 0 saturated heterocycles.